The lowest BCUT2D eigenvalue weighted by molar-refractivity contribution is 0.483. The fourth-order valence-electron chi connectivity index (χ4n) is 0.943. The van der Waals surface area contributed by atoms with Crippen LogP contribution in [0.2, 0.25) is 0 Å². The normalized spacial score (nSPS) is 14.2. The highest BCUT2D eigenvalue weighted by Crippen LogP contribution is 2.18. The van der Waals surface area contributed by atoms with Gasteiger partial charge in [0.15, 0.2) is 0 Å². The SMILES string of the molecule is CCC/C(C)=C(/Cl)CCS(=O)(=O)O. The van der Waals surface area contributed by atoms with Crippen LogP contribution in [0.3, 0.4) is 0 Å². The molecule has 0 atom stereocenters. The first-order valence-electron chi connectivity index (χ1n) is 4.16. The molecule has 13 heavy (non-hydrogen) atoms. The highest BCUT2D eigenvalue weighted by molar-refractivity contribution is 7.85. The summed E-state index contributed by atoms with van der Waals surface area (Å²) in [6.45, 7) is 3.90. The lowest BCUT2D eigenvalue weighted by atomic mass is 10.1. The van der Waals surface area contributed by atoms with E-state index in [4.69, 9.17) is 16.2 Å². The van der Waals surface area contributed by atoms with E-state index in [1.165, 1.54) is 0 Å². The average molecular weight is 227 g/mol. The molecule has 5 heteroatoms. The zero-order chi connectivity index (χ0) is 10.5. The maximum absolute atomic E-state index is 10.4. The largest absolute Gasteiger partial charge is 0.286 e. The van der Waals surface area contributed by atoms with Crippen LogP contribution in [0.25, 0.3) is 0 Å². The highest BCUT2D eigenvalue weighted by atomic mass is 35.5. The molecule has 0 heterocycles. The van der Waals surface area contributed by atoms with Gasteiger partial charge in [-0.3, -0.25) is 4.55 Å². The van der Waals surface area contributed by atoms with E-state index in [0.29, 0.717) is 5.03 Å². The first kappa shape index (κ1) is 12.9. The van der Waals surface area contributed by atoms with Crippen molar-refractivity contribution in [2.75, 3.05) is 5.75 Å². The van der Waals surface area contributed by atoms with Crippen LogP contribution in [-0.4, -0.2) is 18.7 Å². The topological polar surface area (TPSA) is 54.4 Å². The molecule has 0 saturated heterocycles. The first-order chi connectivity index (χ1) is 5.87. The highest BCUT2D eigenvalue weighted by Gasteiger charge is 2.07. The Morgan fingerprint density at radius 3 is 2.31 bits per heavy atom. The summed E-state index contributed by atoms with van der Waals surface area (Å²) in [5.41, 5.74) is 0.993. The Bertz CT molecular complexity index is 280. The Labute approximate surface area is 84.5 Å². The van der Waals surface area contributed by atoms with E-state index in [1.807, 2.05) is 13.8 Å². The van der Waals surface area contributed by atoms with Crippen molar-refractivity contribution in [1.82, 2.24) is 0 Å². The van der Waals surface area contributed by atoms with E-state index >= 15 is 0 Å². The molecule has 0 bridgehead atoms. The predicted molar refractivity (Wildman–Crippen MR) is 54.5 cm³/mol. The summed E-state index contributed by atoms with van der Waals surface area (Å²) in [5.74, 6) is -0.299. The molecule has 3 nitrogen and oxygen atoms in total. The quantitative estimate of drug-likeness (QED) is 0.734. The van der Waals surface area contributed by atoms with Crippen molar-refractivity contribution in [2.45, 2.75) is 33.1 Å². The Morgan fingerprint density at radius 1 is 1.38 bits per heavy atom. The molecule has 0 aromatic carbocycles. The molecule has 0 fully saturated rings. The number of allylic oxidation sites excluding steroid dienone is 2. The van der Waals surface area contributed by atoms with Crippen molar-refractivity contribution in [1.29, 1.82) is 0 Å². The fraction of sp³-hybridized carbons (Fsp3) is 0.750. The summed E-state index contributed by atoms with van der Waals surface area (Å²) >= 11 is 5.82. The van der Waals surface area contributed by atoms with Crippen molar-refractivity contribution >= 4 is 21.7 Å². The van der Waals surface area contributed by atoms with Gasteiger partial charge >= 0.3 is 0 Å². The van der Waals surface area contributed by atoms with Gasteiger partial charge < -0.3 is 0 Å². The minimum absolute atomic E-state index is 0.201. The van der Waals surface area contributed by atoms with Crippen LogP contribution >= 0.6 is 11.6 Å². The third-order valence-electron chi connectivity index (χ3n) is 1.67. The summed E-state index contributed by atoms with van der Waals surface area (Å²) < 4.78 is 29.3. The summed E-state index contributed by atoms with van der Waals surface area (Å²) in [6, 6.07) is 0. The zero-order valence-electron chi connectivity index (χ0n) is 7.88. The molecule has 0 aromatic heterocycles. The summed E-state index contributed by atoms with van der Waals surface area (Å²) in [6.07, 6.45) is 2.05. The second kappa shape index (κ2) is 5.62. The molecule has 0 aromatic rings. The summed E-state index contributed by atoms with van der Waals surface area (Å²) in [5, 5.41) is 0.541. The van der Waals surface area contributed by atoms with Crippen molar-refractivity contribution in [3.8, 4) is 0 Å². The van der Waals surface area contributed by atoms with Gasteiger partial charge in [0, 0.05) is 5.03 Å². The maximum Gasteiger partial charge on any atom is 0.265 e. The molecule has 0 aliphatic carbocycles. The third-order valence-corrected chi connectivity index (χ3v) is 2.90. The van der Waals surface area contributed by atoms with E-state index in [1.54, 1.807) is 0 Å². The Balaban J connectivity index is 4.14. The van der Waals surface area contributed by atoms with Crippen LogP contribution in [0.5, 0.6) is 0 Å². The van der Waals surface area contributed by atoms with Crippen LogP contribution < -0.4 is 0 Å². The molecular weight excluding hydrogens is 212 g/mol. The van der Waals surface area contributed by atoms with Crippen molar-refractivity contribution in [3.05, 3.63) is 10.6 Å². The van der Waals surface area contributed by atoms with E-state index in [2.05, 4.69) is 0 Å². The van der Waals surface area contributed by atoms with E-state index in [9.17, 15) is 8.42 Å². The van der Waals surface area contributed by atoms with Gasteiger partial charge in [0.2, 0.25) is 0 Å². The zero-order valence-corrected chi connectivity index (χ0v) is 9.45. The molecule has 0 aliphatic rings. The summed E-state index contributed by atoms with van der Waals surface area (Å²) in [4.78, 5) is 0. The van der Waals surface area contributed by atoms with Gasteiger partial charge in [-0.05, 0) is 19.8 Å². The minimum atomic E-state index is -3.89. The molecule has 0 amide bonds. The number of rotatable bonds is 5. The number of hydrogen-bond acceptors (Lipinski definition) is 2. The fourth-order valence-corrected chi connectivity index (χ4v) is 1.71. The average Bonchev–Trinajstić information content (AvgIpc) is 1.99. The summed E-state index contributed by atoms with van der Waals surface area (Å²) in [7, 11) is -3.89. The van der Waals surface area contributed by atoms with Crippen molar-refractivity contribution in [2.24, 2.45) is 0 Å². The molecular formula is C8H15ClO3S. The maximum atomic E-state index is 10.4. The monoisotopic (exact) mass is 226 g/mol. The molecule has 1 N–H and O–H groups in total. The van der Waals surface area contributed by atoms with Gasteiger partial charge in [0.05, 0.1) is 5.75 Å². The minimum Gasteiger partial charge on any atom is -0.286 e. The molecule has 0 spiro atoms. The Morgan fingerprint density at radius 2 is 1.92 bits per heavy atom. The lowest BCUT2D eigenvalue weighted by Crippen LogP contribution is -2.03. The van der Waals surface area contributed by atoms with Crippen LogP contribution in [0.15, 0.2) is 10.6 Å². The lowest BCUT2D eigenvalue weighted by Gasteiger charge is -2.03. The number of hydrogen-bond donors (Lipinski definition) is 1. The molecule has 0 radical (unpaired) electrons. The smallest absolute Gasteiger partial charge is 0.265 e. The van der Waals surface area contributed by atoms with Gasteiger partial charge in [0.1, 0.15) is 0 Å². The Hall–Kier alpha value is -0.0600. The molecule has 0 unspecified atom stereocenters. The molecule has 0 aliphatic heterocycles. The predicted octanol–water partition coefficient (Wildman–Crippen LogP) is 2.58. The van der Waals surface area contributed by atoms with Crippen LogP contribution in [0.1, 0.15) is 33.1 Å². The van der Waals surface area contributed by atoms with Gasteiger partial charge in [-0.1, -0.05) is 30.5 Å². The van der Waals surface area contributed by atoms with Gasteiger partial charge in [-0.2, -0.15) is 8.42 Å². The molecule has 78 valence electrons. The van der Waals surface area contributed by atoms with Crippen LogP contribution in [-0.2, 0) is 10.1 Å². The van der Waals surface area contributed by atoms with Crippen LogP contribution in [0, 0.1) is 0 Å². The van der Waals surface area contributed by atoms with Crippen LogP contribution in [0.4, 0.5) is 0 Å². The number of halogens is 1. The van der Waals surface area contributed by atoms with Gasteiger partial charge in [-0.25, -0.2) is 0 Å². The molecule has 0 rings (SSSR count). The second-order valence-corrected chi connectivity index (χ2v) is 5.00. The van der Waals surface area contributed by atoms with Crippen molar-refractivity contribution < 1.29 is 13.0 Å². The van der Waals surface area contributed by atoms with Crippen molar-refractivity contribution in [3.63, 3.8) is 0 Å². The first-order valence-corrected chi connectivity index (χ1v) is 6.14. The van der Waals surface area contributed by atoms with E-state index in [-0.39, 0.29) is 12.2 Å². The molecule has 0 saturated carbocycles. The third kappa shape index (κ3) is 7.05. The second-order valence-electron chi connectivity index (χ2n) is 2.97. The van der Waals surface area contributed by atoms with E-state index < -0.39 is 10.1 Å². The van der Waals surface area contributed by atoms with E-state index in [0.717, 1.165) is 18.4 Å². The standard InChI is InChI=1S/C8H15ClO3S/c1-3-4-7(2)8(9)5-6-13(10,11)12/h3-6H2,1-2H3,(H,10,11,12)/b8-7+. The Kier molecular flexibility index (Phi) is 5.60. The van der Waals surface area contributed by atoms with Gasteiger partial charge in [0.25, 0.3) is 10.1 Å². The van der Waals surface area contributed by atoms with Gasteiger partial charge in [-0.15, -0.1) is 0 Å².